The van der Waals surface area contributed by atoms with Gasteiger partial charge in [0.25, 0.3) is 5.91 Å². The number of aromatic nitrogens is 2. The van der Waals surface area contributed by atoms with Gasteiger partial charge in [-0.3, -0.25) is 14.4 Å². The van der Waals surface area contributed by atoms with E-state index in [1.54, 1.807) is 17.7 Å². The molecule has 3 aromatic rings. The highest BCUT2D eigenvalue weighted by atomic mass is 35.5. The highest BCUT2D eigenvalue weighted by Crippen LogP contribution is 2.26. The molecule has 0 aliphatic heterocycles. The van der Waals surface area contributed by atoms with Gasteiger partial charge in [0.1, 0.15) is 5.82 Å². The Labute approximate surface area is 143 Å². The van der Waals surface area contributed by atoms with Crippen LogP contribution < -0.4 is 16.5 Å². The molecule has 3 rings (SSSR count). The Bertz CT molecular complexity index is 879. The van der Waals surface area contributed by atoms with Crippen molar-refractivity contribution in [3.63, 3.8) is 0 Å². The van der Waals surface area contributed by atoms with Crippen LogP contribution in [0.2, 0.25) is 5.02 Å². The average molecular weight is 346 g/mol. The van der Waals surface area contributed by atoms with Crippen molar-refractivity contribution >= 4 is 34.7 Å². The molecule has 0 saturated carbocycles. The van der Waals surface area contributed by atoms with E-state index in [9.17, 15) is 4.79 Å². The molecule has 0 fully saturated rings. The molecule has 0 aliphatic carbocycles. The summed E-state index contributed by atoms with van der Waals surface area (Å²) in [5.41, 5.74) is 10.5. The number of fused-ring (bicyclic) bond motifs is 1. The first kappa shape index (κ1) is 16.1. The van der Waals surface area contributed by atoms with E-state index in [4.69, 9.17) is 22.5 Å². The van der Waals surface area contributed by atoms with Crippen LogP contribution in [0, 0.1) is 0 Å². The summed E-state index contributed by atoms with van der Waals surface area (Å²) >= 11 is 6.11. The molecule has 8 heteroatoms. The number of carbonyl (C=O) groups excluding carboxylic acids is 1. The minimum absolute atomic E-state index is 0.115. The van der Waals surface area contributed by atoms with E-state index >= 15 is 0 Å². The molecule has 0 saturated heterocycles. The van der Waals surface area contributed by atoms with E-state index in [-0.39, 0.29) is 6.54 Å². The summed E-state index contributed by atoms with van der Waals surface area (Å²) in [6.07, 6.45) is 2.31. The zero-order chi connectivity index (χ0) is 17.1. The number of imidazole rings is 1. The molecule has 0 aliphatic rings. The van der Waals surface area contributed by atoms with Crippen LogP contribution in [0.3, 0.4) is 0 Å². The lowest BCUT2D eigenvalue weighted by molar-refractivity contribution is -0.127. The van der Waals surface area contributed by atoms with Crippen molar-refractivity contribution in [3.05, 3.63) is 58.9 Å². The van der Waals surface area contributed by atoms with E-state index in [1.165, 1.54) is 0 Å². The van der Waals surface area contributed by atoms with Gasteiger partial charge in [0.15, 0.2) is 5.65 Å². The number of nitrogens with zero attached hydrogens (tertiary/aromatic N) is 2. The van der Waals surface area contributed by atoms with Crippen molar-refractivity contribution in [2.45, 2.75) is 6.42 Å². The normalized spacial score (nSPS) is 10.8. The van der Waals surface area contributed by atoms with Gasteiger partial charge in [-0.2, -0.15) is 0 Å². The molecule has 0 unspecified atom stereocenters. The number of pyridine rings is 1. The number of carbonyl (C=O) groups is 1. The SMILES string of the molecule is Nc1cc(Cl)cn2c(Cc3ccccc3)c(NCC(=O)NO)nc12. The van der Waals surface area contributed by atoms with Gasteiger partial charge < -0.3 is 11.1 Å². The zero-order valence-electron chi connectivity index (χ0n) is 12.7. The summed E-state index contributed by atoms with van der Waals surface area (Å²) in [6, 6.07) is 11.5. The Kier molecular flexibility index (Phi) is 4.54. The lowest BCUT2D eigenvalue weighted by Crippen LogP contribution is -2.27. The number of hydrogen-bond donors (Lipinski definition) is 4. The number of anilines is 2. The van der Waals surface area contributed by atoms with E-state index in [2.05, 4.69) is 10.3 Å². The summed E-state index contributed by atoms with van der Waals surface area (Å²) in [4.78, 5) is 15.7. The summed E-state index contributed by atoms with van der Waals surface area (Å²) < 4.78 is 1.81. The first-order chi connectivity index (χ1) is 11.6. The maximum absolute atomic E-state index is 11.3. The monoisotopic (exact) mass is 345 g/mol. The predicted molar refractivity (Wildman–Crippen MR) is 92.3 cm³/mol. The second-order valence-electron chi connectivity index (χ2n) is 5.27. The fraction of sp³-hybridized carbons (Fsp3) is 0.125. The largest absolute Gasteiger partial charge is 0.396 e. The van der Waals surface area contributed by atoms with Crippen LogP contribution >= 0.6 is 11.6 Å². The topological polar surface area (TPSA) is 105 Å². The van der Waals surface area contributed by atoms with Gasteiger partial charge in [-0.05, 0) is 11.6 Å². The Hall–Kier alpha value is -2.77. The van der Waals surface area contributed by atoms with Crippen LogP contribution in [0.25, 0.3) is 5.65 Å². The second kappa shape index (κ2) is 6.77. The molecular formula is C16H16ClN5O2. The number of halogens is 1. The van der Waals surface area contributed by atoms with Crippen LogP contribution in [0.5, 0.6) is 0 Å². The summed E-state index contributed by atoms with van der Waals surface area (Å²) in [7, 11) is 0. The van der Waals surface area contributed by atoms with Crippen LogP contribution in [-0.4, -0.2) is 27.0 Å². The first-order valence-corrected chi connectivity index (χ1v) is 7.63. The number of nitrogens with one attached hydrogen (secondary N) is 2. The van der Waals surface area contributed by atoms with Crippen molar-refractivity contribution in [2.24, 2.45) is 0 Å². The molecule has 0 radical (unpaired) electrons. The molecule has 2 heterocycles. The van der Waals surface area contributed by atoms with E-state index in [0.29, 0.717) is 28.6 Å². The molecule has 1 amide bonds. The third-order valence-electron chi connectivity index (χ3n) is 3.57. The molecule has 0 atom stereocenters. The van der Waals surface area contributed by atoms with Gasteiger partial charge in [0.05, 0.1) is 22.9 Å². The lowest BCUT2D eigenvalue weighted by Gasteiger charge is -2.08. The Morgan fingerprint density at radius 2 is 2.08 bits per heavy atom. The number of nitrogens with two attached hydrogens (primary N) is 1. The molecule has 24 heavy (non-hydrogen) atoms. The molecule has 7 nitrogen and oxygen atoms in total. The van der Waals surface area contributed by atoms with Crippen LogP contribution in [-0.2, 0) is 11.2 Å². The molecule has 0 spiro atoms. The van der Waals surface area contributed by atoms with Gasteiger partial charge >= 0.3 is 0 Å². The van der Waals surface area contributed by atoms with Gasteiger partial charge in [0.2, 0.25) is 0 Å². The number of amides is 1. The maximum atomic E-state index is 11.3. The van der Waals surface area contributed by atoms with Gasteiger partial charge in [-0.25, -0.2) is 10.5 Å². The maximum Gasteiger partial charge on any atom is 0.262 e. The highest BCUT2D eigenvalue weighted by Gasteiger charge is 2.16. The summed E-state index contributed by atoms with van der Waals surface area (Å²) in [5, 5.41) is 12.0. The lowest BCUT2D eigenvalue weighted by atomic mass is 10.1. The summed E-state index contributed by atoms with van der Waals surface area (Å²) in [6.45, 7) is -0.115. The van der Waals surface area contributed by atoms with Crippen molar-refractivity contribution in [2.75, 3.05) is 17.6 Å². The minimum atomic E-state index is -0.566. The number of hydrogen-bond acceptors (Lipinski definition) is 5. The molecule has 0 bridgehead atoms. The molecular weight excluding hydrogens is 330 g/mol. The second-order valence-corrected chi connectivity index (χ2v) is 5.70. The van der Waals surface area contributed by atoms with Crippen molar-refractivity contribution in [1.29, 1.82) is 0 Å². The number of benzene rings is 1. The highest BCUT2D eigenvalue weighted by molar-refractivity contribution is 6.30. The number of hydroxylamine groups is 1. The predicted octanol–water partition coefficient (Wildman–Crippen LogP) is 2.08. The fourth-order valence-electron chi connectivity index (χ4n) is 2.49. The number of nitrogen functional groups attached to an aromatic ring is 1. The molecule has 2 aromatic heterocycles. The van der Waals surface area contributed by atoms with Gasteiger partial charge in [-0.1, -0.05) is 41.9 Å². The van der Waals surface area contributed by atoms with E-state index < -0.39 is 5.91 Å². The minimum Gasteiger partial charge on any atom is -0.396 e. The van der Waals surface area contributed by atoms with Crippen molar-refractivity contribution in [3.8, 4) is 0 Å². The Morgan fingerprint density at radius 1 is 1.33 bits per heavy atom. The van der Waals surface area contributed by atoms with Crippen LogP contribution in [0.15, 0.2) is 42.6 Å². The standard InChI is InChI=1S/C16H16ClN5O2/c17-11-7-12(18)16-20-15(19-8-14(23)21-24)13(22(16)9-11)6-10-4-2-1-3-5-10/h1-5,7,9,19,24H,6,8,18H2,(H,21,23). The fourth-order valence-corrected chi connectivity index (χ4v) is 2.70. The summed E-state index contributed by atoms with van der Waals surface area (Å²) in [5.74, 6) is -0.0554. The molecule has 5 N–H and O–H groups in total. The molecule has 124 valence electrons. The van der Waals surface area contributed by atoms with E-state index in [1.807, 2.05) is 34.7 Å². The molecule has 1 aromatic carbocycles. The Balaban J connectivity index is 2.06. The average Bonchev–Trinajstić information content (AvgIpc) is 2.92. The van der Waals surface area contributed by atoms with Crippen LogP contribution in [0.1, 0.15) is 11.3 Å². The van der Waals surface area contributed by atoms with Gasteiger partial charge in [-0.15, -0.1) is 0 Å². The smallest absolute Gasteiger partial charge is 0.262 e. The van der Waals surface area contributed by atoms with Crippen LogP contribution in [0.4, 0.5) is 11.5 Å². The van der Waals surface area contributed by atoms with Crippen molar-refractivity contribution < 1.29 is 10.0 Å². The third-order valence-corrected chi connectivity index (χ3v) is 3.78. The van der Waals surface area contributed by atoms with Gasteiger partial charge in [0, 0.05) is 12.6 Å². The third kappa shape index (κ3) is 3.27. The quantitative estimate of drug-likeness (QED) is 0.418. The van der Waals surface area contributed by atoms with Crippen molar-refractivity contribution in [1.82, 2.24) is 14.9 Å². The first-order valence-electron chi connectivity index (χ1n) is 7.25. The zero-order valence-corrected chi connectivity index (χ0v) is 13.4. The Morgan fingerprint density at radius 3 is 2.79 bits per heavy atom. The van der Waals surface area contributed by atoms with E-state index in [0.717, 1.165) is 11.3 Å². The number of rotatable bonds is 5.